The number of carbonyl (C=O) groups is 2. The number of fused-ring (bicyclic) bond motifs is 2. The highest BCUT2D eigenvalue weighted by Crippen LogP contribution is 2.42. The zero-order valence-electron chi connectivity index (χ0n) is 21.6. The van der Waals surface area contributed by atoms with Crippen molar-refractivity contribution in [2.45, 2.75) is 123 Å². The molecule has 0 aliphatic carbocycles. The molecule has 4 nitrogen and oxygen atoms in total. The quantitative estimate of drug-likeness (QED) is 0.447. The molecular formula is C28H43NO3. The Morgan fingerprint density at radius 3 is 1.72 bits per heavy atom. The van der Waals surface area contributed by atoms with Gasteiger partial charge >= 0.3 is 6.09 Å². The van der Waals surface area contributed by atoms with Gasteiger partial charge < -0.3 is 9.64 Å². The average Bonchev–Trinajstić information content (AvgIpc) is 2.94. The number of amides is 1. The van der Waals surface area contributed by atoms with Crippen LogP contribution >= 0.6 is 0 Å². The number of carbonyl (C=O) groups excluding carboxylic acids is 2. The summed E-state index contributed by atoms with van der Waals surface area (Å²) in [5, 5.41) is 0. The molecule has 4 heteroatoms. The third kappa shape index (κ3) is 5.05. The minimum atomic E-state index is -0.500. The van der Waals surface area contributed by atoms with Gasteiger partial charge in [-0.1, -0.05) is 53.7 Å². The van der Waals surface area contributed by atoms with E-state index in [4.69, 9.17) is 4.74 Å². The van der Waals surface area contributed by atoms with E-state index in [1.807, 2.05) is 25.7 Å². The van der Waals surface area contributed by atoms with Crippen molar-refractivity contribution in [1.82, 2.24) is 4.90 Å². The maximum Gasteiger partial charge on any atom is 0.410 e. The smallest absolute Gasteiger partial charge is 0.410 e. The summed E-state index contributed by atoms with van der Waals surface area (Å²) in [6.45, 7) is 18.9. The summed E-state index contributed by atoms with van der Waals surface area (Å²) in [5.74, 6) is 1.29. The molecule has 2 unspecified atom stereocenters. The first-order valence-corrected chi connectivity index (χ1v) is 12.5. The van der Waals surface area contributed by atoms with Crippen LogP contribution in [0.4, 0.5) is 4.79 Å². The van der Waals surface area contributed by atoms with Gasteiger partial charge in [0.25, 0.3) is 0 Å². The van der Waals surface area contributed by atoms with Crippen LogP contribution in [0.5, 0.6) is 0 Å². The number of piperidine rings is 1. The molecule has 0 N–H and O–H groups in total. The normalized spacial score (nSPS) is 23.4. The second kappa shape index (κ2) is 9.19. The van der Waals surface area contributed by atoms with Crippen molar-refractivity contribution in [3.05, 3.63) is 34.4 Å². The van der Waals surface area contributed by atoms with Crippen molar-refractivity contribution in [1.29, 1.82) is 0 Å². The Morgan fingerprint density at radius 2 is 1.34 bits per heavy atom. The first-order chi connectivity index (χ1) is 14.8. The van der Waals surface area contributed by atoms with Crippen LogP contribution in [0.3, 0.4) is 0 Å². The fourth-order valence-corrected chi connectivity index (χ4v) is 5.45. The van der Waals surface area contributed by atoms with Crippen molar-refractivity contribution < 1.29 is 14.3 Å². The van der Waals surface area contributed by atoms with E-state index >= 15 is 0 Å². The van der Waals surface area contributed by atoms with Crippen molar-refractivity contribution in [3.63, 3.8) is 0 Å². The molecule has 0 spiro atoms. The zero-order chi connectivity index (χ0) is 24.0. The maximum atomic E-state index is 14.0. The minimum Gasteiger partial charge on any atom is -0.444 e. The number of rotatable bonds is 5. The molecule has 0 radical (unpaired) electrons. The predicted molar refractivity (Wildman–Crippen MR) is 131 cm³/mol. The van der Waals surface area contributed by atoms with Gasteiger partial charge in [-0.3, -0.25) is 4.79 Å². The maximum absolute atomic E-state index is 14.0. The molecule has 178 valence electrons. The molecule has 2 aliphatic heterocycles. The van der Waals surface area contributed by atoms with Crippen LogP contribution in [0.1, 0.15) is 133 Å². The molecule has 2 bridgehead atoms. The Balaban J connectivity index is 1.92. The van der Waals surface area contributed by atoms with E-state index in [1.165, 1.54) is 16.7 Å². The second-order valence-electron chi connectivity index (χ2n) is 11.8. The second-order valence-corrected chi connectivity index (χ2v) is 11.8. The van der Waals surface area contributed by atoms with Crippen molar-refractivity contribution >= 4 is 11.9 Å². The van der Waals surface area contributed by atoms with Crippen molar-refractivity contribution in [3.8, 4) is 0 Å². The lowest BCUT2D eigenvalue weighted by Gasteiger charge is -2.39. The minimum absolute atomic E-state index is 0.0221. The summed E-state index contributed by atoms with van der Waals surface area (Å²) in [7, 11) is 0. The molecule has 2 aliphatic rings. The standard InChI is InChI=1S/C28H43NO3/c1-16(2)19-14-23(17(3)4)25(24(15-19)18(5)6)26(30)20-12-21-10-11-22(13-20)29(21)27(31)32-28(7,8)9/h14-18,20-22H,10-13H2,1-9H3. The fourth-order valence-electron chi connectivity index (χ4n) is 5.45. The molecular weight excluding hydrogens is 398 g/mol. The Bertz CT molecular complexity index is 819. The van der Waals surface area contributed by atoms with Crippen LogP contribution in [-0.2, 0) is 4.74 Å². The van der Waals surface area contributed by atoms with E-state index in [1.54, 1.807) is 0 Å². The molecule has 2 saturated heterocycles. The van der Waals surface area contributed by atoms with Gasteiger partial charge in [0.2, 0.25) is 0 Å². The first kappa shape index (κ1) is 24.8. The number of hydrogen-bond acceptors (Lipinski definition) is 3. The Kier molecular flexibility index (Phi) is 7.12. The lowest BCUT2D eigenvalue weighted by atomic mass is 9.77. The van der Waals surface area contributed by atoms with Crippen molar-refractivity contribution in [2.24, 2.45) is 5.92 Å². The molecule has 2 heterocycles. The molecule has 2 atom stereocenters. The highest BCUT2D eigenvalue weighted by Gasteiger charge is 2.47. The van der Waals surface area contributed by atoms with E-state index in [9.17, 15) is 9.59 Å². The number of Topliss-reactive ketones (excluding diaryl/α,β-unsaturated/α-hetero) is 1. The number of ketones is 1. The van der Waals surface area contributed by atoms with Crippen LogP contribution in [0.15, 0.2) is 12.1 Å². The Hall–Kier alpha value is -1.84. The topological polar surface area (TPSA) is 46.6 Å². The zero-order valence-corrected chi connectivity index (χ0v) is 21.6. The monoisotopic (exact) mass is 441 g/mol. The number of ether oxygens (including phenoxy) is 1. The predicted octanol–water partition coefficient (Wildman–Crippen LogP) is 7.42. The van der Waals surface area contributed by atoms with Gasteiger partial charge in [0, 0.05) is 23.6 Å². The summed E-state index contributed by atoms with van der Waals surface area (Å²) >= 11 is 0. The molecule has 3 rings (SSSR count). The van der Waals surface area contributed by atoms with Crippen LogP contribution in [0.2, 0.25) is 0 Å². The Labute approximate surface area is 195 Å². The molecule has 0 aromatic heterocycles. The van der Waals surface area contributed by atoms with E-state index in [2.05, 4.69) is 53.7 Å². The van der Waals surface area contributed by atoms with E-state index in [0.29, 0.717) is 17.8 Å². The summed E-state index contributed by atoms with van der Waals surface area (Å²) in [6, 6.07) is 4.74. The highest BCUT2D eigenvalue weighted by atomic mass is 16.6. The molecule has 0 saturated carbocycles. The van der Waals surface area contributed by atoms with Gasteiger partial charge in [-0.15, -0.1) is 0 Å². The number of hydrogen-bond donors (Lipinski definition) is 0. The SMILES string of the molecule is CC(C)c1cc(C(C)C)c(C(=O)C2CC3CCC(C2)N3C(=O)OC(C)(C)C)c(C(C)C)c1. The Morgan fingerprint density at radius 1 is 0.875 bits per heavy atom. The van der Waals surface area contributed by atoms with E-state index in [0.717, 1.165) is 31.2 Å². The summed E-state index contributed by atoms with van der Waals surface area (Å²) in [6.07, 6.45) is 3.20. The first-order valence-electron chi connectivity index (χ1n) is 12.5. The molecule has 32 heavy (non-hydrogen) atoms. The van der Waals surface area contributed by atoms with E-state index < -0.39 is 5.60 Å². The third-order valence-electron chi connectivity index (χ3n) is 7.09. The molecule has 1 amide bonds. The molecule has 1 aromatic carbocycles. The highest BCUT2D eigenvalue weighted by molar-refractivity contribution is 6.01. The van der Waals surface area contributed by atoms with Gasteiger partial charge in [-0.25, -0.2) is 4.79 Å². The summed E-state index contributed by atoms with van der Waals surface area (Å²) in [4.78, 5) is 28.8. The largest absolute Gasteiger partial charge is 0.444 e. The van der Waals surface area contributed by atoms with Gasteiger partial charge in [-0.05, 0) is 80.9 Å². The van der Waals surface area contributed by atoms with Crippen LogP contribution < -0.4 is 0 Å². The van der Waals surface area contributed by atoms with Crippen molar-refractivity contribution in [2.75, 3.05) is 0 Å². The van der Waals surface area contributed by atoms with Gasteiger partial charge in [0.05, 0.1) is 0 Å². The average molecular weight is 442 g/mol. The number of nitrogens with zero attached hydrogens (tertiary/aromatic N) is 1. The lowest BCUT2D eigenvalue weighted by molar-refractivity contribution is 0.00252. The van der Waals surface area contributed by atoms with Crippen LogP contribution in [-0.4, -0.2) is 34.5 Å². The fraction of sp³-hybridized carbons (Fsp3) is 0.714. The lowest BCUT2D eigenvalue weighted by Crippen LogP contribution is -2.49. The van der Waals surface area contributed by atoms with Crippen LogP contribution in [0, 0.1) is 5.92 Å². The third-order valence-corrected chi connectivity index (χ3v) is 7.09. The summed E-state index contributed by atoms with van der Waals surface area (Å²) in [5.41, 5.74) is 4.14. The molecule has 2 fully saturated rings. The summed E-state index contributed by atoms with van der Waals surface area (Å²) < 4.78 is 5.68. The van der Waals surface area contributed by atoms with Gasteiger partial charge in [0.1, 0.15) is 5.60 Å². The van der Waals surface area contributed by atoms with Gasteiger partial charge in [0.15, 0.2) is 5.78 Å². The van der Waals surface area contributed by atoms with E-state index in [-0.39, 0.29) is 29.9 Å². The molecule has 1 aromatic rings. The van der Waals surface area contributed by atoms with Crippen LogP contribution in [0.25, 0.3) is 0 Å². The van der Waals surface area contributed by atoms with Gasteiger partial charge in [-0.2, -0.15) is 0 Å². The number of benzene rings is 1.